The Hall–Kier alpha value is -1.58. The van der Waals surface area contributed by atoms with E-state index in [1.807, 2.05) is 13.0 Å². The first-order valence-electron chi connectivity index (χ1n) is 6.64. The summed E-state index contributed by atoms with van der Waals surface area (Å²) in [5, 5.41) is 0.476. The summed E-state index contributed by atoms with van der Waals surface area (Å²) in [5.41, 5.74) is 8.72. The molecule has 2 aromatic rings. The number of ether oxygens (including phenoxy) is 1. The fraction of sp³-hybridized carbons (Fsp3) is 0.312. The second kappa shape index (κ2) is 6.25. The molecule has 0 unspecified atom stereocenters. The van der Waals surface area contributed by atoms with Gasteiger partial charge in [-0.3, -0.25) is 0 Å². The highest BCUT2D eigenvalue weighted by atomic mass is 35.5. The average Bonchev–Trinajstić information content (AvgIpc) is 2.40. The van der Waals surface area contributed by atoms with Crippen LogP contribution in [0.1, 0.15) is 36.5 Å². The van der Waals surface area contributed by atoms with Crippen molar-refractivity contribution in [2.75, 3.05) is 0 Å². The van der Waals surface area contributed by atoms with Crippen LogP contribution in [0.15, 0.2) is 30.5 Å². The monoisotopic (exact) mass is 290 g/mol. The minimum atomic E-state index is 0.368. The Morgan fingerprint density at radius 3 is 2.65 bits per heavy atom. The number of pyridine rings is 1. The Morgan fingerprint density at radius 1 is 1.30 bits per heavy atom. The van der Waals surface area contributed by atoms with Crippen LogP contribution in [0.25, 0.3) is 0 Å². The van der Waals surface area contributed by atoms with Crippen LogP contribution in [0, 0.1) is 6.92 Å². The van der Waals surface area contributed by atoms with Crippen LogP contribution in [-0.4, -0.2) is 4.98 Å². The third-order valence-electron chi connectivity index (χ3n) is 3.10. The van der Waals surface area contributed by atoms with Crippen LogP contribution in [0.3, 0.4) is 0 Å². The van der Waals surface area contributed by atoms with Crippen molar-refractivity contribution < 1.29 is 4.74 Å². The smallest absolute Gasteiger partial charge is 0.238 e. The van der Waals surface area contributed by atoms with Crippen molar-refractivity contribution in [1.29, 1.82) is 0 Å². The van der Waals surface area contributed by atoms with E-state index in [9.17, 15) is 0 Å². The summed E-state index contributed by atoms with van der Waals surface area (Å²) in [6, 6.07) is 7.95. The molecule has 106 valence electrons. The first kappa shape index (κ1) is 14.8. The second-order valence-electron chi connectivity index (χ2n) is 5.13. The summed E-state index contributed by atoms with van der Waals surface area (Å²) in [6.45, 7) is 6.70. The van der Waals surface area contributed by atoms with Crippen molar-refractivity contribution in [3.05, 3.63) is 52.2 Å². The van der Waals surface area contributed by atoms with Gasteiger partial charge in [0.2, 0.25) is 5.88 Å². The second-order valence-corrected chi connectivity index (χ2v) is 5.54. The van der Waals surface area contributed by atoms with E-state index in [1.165, 1.54) is 0 Å². The van der Waals surface area contributed by atoms with Gasteiger partial charge in [-0.15, -0.1) is 0 Å². The number of aromatic nitrogens is 1. The normalized spacial score (nSPS) is 10.9. The maximum absolute atomic E-state index is 6.19. The number of aryl methyl sites for hydroxylation is 1. The molecule has 0 saturated carbocycles. The topological polar surface area (TPSA) is 48.1 Å². The summed E-state index contributed by atoms with van der Waals surface area (Å²) < 4.78 is 5.90. The van der Waals surface area contributed by atoms with Gasteiger partial charge in [-0.1, -0.05) is 37.6 Å². The summed E-state index contributed by atoms with van der Waals surface area (Å²) in [6.07, 6.45) is 1.69. The zero-order valence-corrected chi connectivity index (χ0v) is 12.7. The molecule has 0 bridgehead atoms. The molecule has 0 radical (unpaired) electrons. The Kier molecular flexibility index (Phi) is 4.63. The zero-order chi connectivity index (χ0) is 14.7. The molecule has 0 atom stereocenters. The van der Waals surface area contributed by atoms with Gasteiger partial charge < -0.3 is 10.5 Å². The van der Waals surface area contributed by atoms with Crippen molar-refractivity contribution in [3.63, 3.8) is 0 Å². The molecule has 0 spiro atoms. The Bertz CT molecular complexity index is 611. The van der Waals surface area contributed by atoms with Crippen LogP contribution in [0.2, 0.25) is 5.02 Å². The highest BCUT2D eigenvalue weighted by molar-refractivity contribution is 6.31. The van der Waals surface area contributed by atoms with Crippen LogP contribution in [0.4, 0.5) is 0 Å². The van der Waals surface area contributed by atoms with Crippen molar-refractivity contribution in [1.82, 2.24) is 4.98 Å². The molecule has 20 heavy (non-hydrogen) atoms. The van der Waals surface area contributed by atoms with E-state index < -0.39 is 0 Å². The van der Waals surface area contributed by atoms with Gasteiger partial charge in [0.05, 0.1) is 0 Å². The van der Waals surface area contributed by atoms with Gasteiger partial charge in [0, 0.05) is 12.7 Å². The molecule has 2 rings (SSSR count). The van der Waals surface area contributed by atoms with E-state index in [1.54, 1.807) is 12.3 Å². The molecule has 0 amide bonds. The minimum absolute atomic E-state index is 0.368. The first-order chi connectivity index (χ1) is 9.51. The van der Waals surface area contributed by atoms with Crippen LogP contribution < -0.4 is 10.5 Å². The standard InChI is InChI=1S/C16H19ClN2O/c1-10(2)13-5-4-11(3)6-15(13)20-16-14(17)7-12(8-18)9-19-16/h4-7,9-10H,8,18H2,1-3H3. The molecule has 4 heteroatoms. The predicted molar refractivity (Wildman–Crippen MR) is 82.5 cm³/mol. The highest BCUT2D eigenvalue weighted by Gasteiger charge is 2.12. The number of hydrogen-bond acceptors (Lipinski definition) is 3. The Labute approximate surface area is 124 Å². The van der Waals surface area contributed by atoms with E-state index in [-0.39, 0.29) is 0 Å². The number of halogens is 1. The quantitative estimate of drug-likeness (QED) is 0.907. The summed E-state index contributed by atoms with van der Waals surface area (Å²) in [4.78, 5) is 4.24. The molecule has 0 fully saturated rings. The largest absolute Gasteiger partial charge is 0.437 e. The third kappa shape index (κ3) is 3.30. The van der Waals surface area contributed by atoms with E-state index in [2.05, 4.69) is 31.0 Å². The lowest BCUT2D eigenvalue weighted by Crippen LogP contribution is -2.00. The van der Waals surface area contributed by atoms with Crippen LogP contribution >= 0.6 is 11.6 Å². The van der Waals surface area contributed by atoms with Gasteiger partial charge >= 0.3 is 0 Å². The van der Waals surface area contributed by atoms with Gasteiger partial charge in [-0.2, -0.15) is 0 Å². The van der Waals surface area contributed by atoms with Gasteiger partial charge in [0.1, 0.15) is 10.8 Å². The number of rotatable bonds is 4. The molecule has 1 aromatic heterocycles. The summed E-state index contributed by atoms with van der Waals surface area (Å²) >= 11 is 6.19. The molecule has 0 saturated heterocycles. The molecule has 0 aliphatic carbocycles. The maximum Gasteiger partial charge on any atom is 0.238 e. The average molecular weight is 291 g/mol. The molecular formula is C16H19ClN2O. The van der Waals surface area contributed by atoms with Gasteiger partial charge in [-0.25, -0.2) is 4.98 Å². The highest BCUT2D eigenvalue weighted by Crippen LogP contribution is 2.33. The predicted octanol–water partition coefficient (Wildman–Crippen LogP) is 4.42. The van der Waals surface area contributed by atoms with E-state index in [0.29, 0.717) is 23.4 Å². The number of nitrogens with two attached hydrogens (primary N) is 1. The third-order valence-corrected chi connectivity index (χ3v) is 3.37. The van der Waals surface area contributed by atoms with E-state index in [4.69, 9.17) is 22.1 Å². The van der Waals surface area contributed by atoms with Crippen molar-refractivity contribution in [2.45, 2.75) is 33.2 Å². The summed E-state index contributed by atoms with van der Waals surface area (Å²) in [7, 11) is 0. The fourth-order valence-electron chi connectivity index (χ4n) is 1.96. The lowest BCUT2D eigenvalue weighted by Gasteiger charge is -2.15. The summed E-state index contributed by atoms with van der Waals surface area (Å²) in [5.74, 6) is 1.58. The van der Waals surface area contributed by atoms with Crippen LogP contribution in [-0.2, 0) is 6.54 Å². The van der Waals surface area contributed by atoms with Gasteiger partial charge in [0.15, 0.2) is 0 Å². The van der Waals surface area contributed by atoms with E-state index >= 15 is 0 Å². The van der Waals surface area contributed by atoms with Crippen molar-refractivity contribution in [2.24, 2.45) is 5.73 Å². The molecule has 0 aliphatic heterocycles. The molecule has 3 nitrogen and oxygen atoms in total. The first-order valence-corrected chi connectivity index (χ1v) is 7.02. The number of hydrogen-bond donors (Lipinski definition) is 1. The molecule has 1 aromatic carbocycles. The molecular weight excluding hydrogens is 272 g/mol. The fourth-order valence-corrected chi connectivity index (χ4v) is 2.19. The van der Waals surface area contributed by atoms with Crippen molar-refractivity contribution in [3.8, 4) is 11.6 Å². The molecule has 1 heterocycles. The number of nitrogens with zero attached hydrogens (tertiary/aromatic N) is 1. The van der Waals surface area contributed by atoms with Crippen LogP contribution in [0.5, 0.6) is 11.6 Å². The number of benzene rings is 1. The maximum atomic E-state index is 6.19. The minimum Gasteiger partial charge on any atom is -0.437 e. The van der Waals surface area contributed by atoms with E-state index in [0.717, 1.165) is 22.4 Å². The Balaban J connectivity index is 2.36. The zero-order valence-electron chi connectivity index (χ0n) is 12.0. The molecule has 2 N–H and O–H groups in total. The lowest BCUT2D eigenvalue weighted by atomic mass is 10.0. The SMILES string of the molecule is Cc1ccc(C(C)C)c(Oc2ncc(CN)cc2Cl)c1. The van der Waals surface area contributed by atoms with Crippen molar-refractivity contribution >= 4 is 11.6 Å². The molecule has 0 aliphatic rings. The van der Waals surface area contributed by atoms with Gasteiger partial charge in [-0.05, 0) is 41.7 Å². The Morgan fingerprint density at radius 2 is 2.05 bits per heavy atom. The van der Waals surface area contributed by atoms with Gasteiger partial charge in [0.25, 0.3) is 0 Å². The lowest BCUT2D eigenvalue weighted by molar-refractivity contribution is 0.454.